The molecule has 0 saturated heterocycles. The summed E-state index contributed by atoms with van der Waals surface area (Å²) in [6, 6.07) is 7.82. The van der Waals surface area contributed by atoms with Gasteiger partial charge in [-0.15, -0.1) is 11.3 Å². The molecule has 0 saturated carbocycles. The van der Waals surface area contributed by atoms with Gasteiger partial charge in [0.05, 0.1) is 5.25 Å². The van der Waals surface area contributed by atoms with Gasteiger partial charge in [0.25, 0.3) is 0 Å². The van der Waals surface area contributed by atoms with Gasteiger partial charge in [0.1, 0.15) is 15.7 Å². The summed E-state index contributed by atoms with van der Waals surface area (Å²) < 4.78 is 0. The fraction of sp³-hybridized carbons (Fsp3) is 0.316. The normalized spacial score (nSPS) is 12.4. The summed E-state index contributed by atoms with van der Waals surface area (Å²) in [4.78, 5) is 23.9. The monoisotopic (exact) mass is 371 g/mol. The van der Waals surface area contributed by atoms with Crippen molar-refractivity contribution >= 4 is 44.9 Å². The second-order valence-electron chi connectivity index (χ2n) is 6.16. The summed E-state index contributed by atoms with van der Waals surface area (Å²) in [6.07, 6.45) is 0. The number of fused-ring (bicyclic) bond motifs is 1. The molecule has 0 spiro atoms. The van der Waals surface area contributed by atoms with Crippen LogP contribution in [0.1, 0.15) is 28.8 Å². The molecule has 0 aliphatic heterocycles. The Morgan fingerprint density at radius 1 is 1.20 bits per heavy atom. The van der Waals surface area contributed by atoms with Gasteiger partial charge in [0, 0.05) is 16.0 Å². The highest BCUT2D eigenvalue weighted by molar-refractivity contribution is 8.00. The molecule has 1 atom stereocenters. The lowest BCUT2D eigenvalue weighted by Gasteiger charge is -2.13. The quantitative estimate of drug-likeness (QED) is 0.515. The molecular formula is C19H21N3OS2. The third-order valence-electron chi connectivity index (χ3n) is 4.05. The molecule has 1 amide bonds. The number of thiophene rings is 1. The van der Waals surface area contributed by atoms with Crippen LogP contribution in [-0.4, -0.2) is 21.1 Å². The minimum absolute atomic E-state index is 0.0235. The zero-order valence-electron chi connectivity index (χ0n) is 15.0. The first-order chi connectivity index (χ1) is 11.8. The number of nitrogens with one attached hydrogen (secondary N) is 1. The molecule has 4 nitrogen and oxygen atoms in total. The smallest absolute Gasteiger partial charge is 0.237 e. The first kappa shape index (κ1) is 17.9. The Morgan fingerprint density at radius 3 is 2.68 bits per heavy atom. The van der Waals surface area contributed by atoms with E-state index in [0.29, 0.717) is 0 Å². The lowest BCUT2D eigenvalue weighted by molar-refractivity contribution is -0.115. The Balaban J connectivity index is 1.84. The Labute approximate surface area is 156 Å². The molecule has 6 heteroatoms. The molecule has 1 aromatic carbocycles. The number of hydrogen-bond acceptors (Lipinski definition) is 5. The SMILES string of the molecule is Cc1cccc(NC(=O)[C@H](C)Sc2nc(C)nc3sc(C)c(C)c23)c1. The van der Waals surface area contributed by atoms with Crippen molar-refractivity contribution in [1.29, 1.82) is 0 Å². The molecule has 3 aromatic rings. The molecule has 25 heavy (non-hydrogen) atoms. The van der Waals surface area contributed by atoms with E-state index in [1.165, 1.54) is 22.2 Å². The summed E-state index contributed by atoms with van der Waals surface area (Å²) >= 11 is 3.17. The van der Waals surface area contributed by atoms with E-state index in [-0.39, 0.29) is 11.2 Å². The summed E-state index contributed by atoms with van der Waals surface area (Å²) in [5.74, 6) is 0.715. The minimum atomic E-state index is -0.252. The fourth-order valence-corrected chi connectivity index (χ4v) is 4.78. The first-order valence-electron chi connectivity index (χ1n) is 8.13. The lowest BCUT2D eigenvalue weighted by atomic mass is 10.2. The maximum absolute atomic E-state index is 12.6. The Hall–Kier alpha value is -1.92. The largest absolute Gasteiger partial charge is 0.325 e. The van der Waals surface area contributed by atoms with Gasteiger partial charge in [-0.1, -0.05) is 23.9 Å². The third-order valence-corrected chi connectivity index (χ3v) is 6.24. The van der Waals surface area contributed by atoms with E-state index in [1.807, 2.05) is 45.0 Å². The number of anilines is 1. The van der Waals surface area contributed by atoms with Crippen molar-refractivity contribution < 1.29 is 4.79 Å². The Kier molecular flexibility index (Phi) is 5.11. The topological polar surface area (TPSA) is 54.9 Å². The molecule has 0 radical (unpaired) electrons. The van der Waals surface area contributed by atoms with Crippen LogP contribution in [0.2, 0.25) is 0 Å². The van der Waals surface area contributed by atoms with Crippen LogP contribution in [0.3, 0.4) is 0 Å². The van der Waals surface area contributed by atoms with Gasteiger partial charge in [-0.2, -0.15) is 0 Å². The lowest BCUT2D eigenvalue weighted by Crippen LogP contribution is -2.22. The number of benzene rings is 1. The number of aryl methyl sites for hydroxylation is 4. The number of aromatic nitrogens is 2. The number of carbonyl (C=O) groups excluding carboxylic acids is 1. The van der Waals surface area contributed by atoms with Crippen LogP contribution in [0.25, 0.3) is 10.2 Å². The second kappa shape index (κ2) is 7.14. The van der Waals surface area contributed by atoms with Crippen LogP contribution in [0.15, 0.2) is 29.3 Å². The summed E-state index contributed by atoms with van der Waals surface area (Å²) in [6.45, 7) is 10.0. The van der Waals surface area contributed by atoms with Crippen LogP contribution in [0, 0.1) is 27.7 Å². The minimum Gasteiger partial charge on any atom is -0.325 e. The number of nitrogens with zero attached hydrogens (tertiary/aromatic N) is 2. The Morgan fingerprint density at radius 2 is 1.96 bits per heavy atom. The molecule has 0 aliphatic rings. The van der Waals surface area contributed by atoms with Crippen molar-refractivity contribution in [2.24, 2.45) is 0 Å². The molecule has 2 heterocycles. The van der Waals surface area contributed by atoms with Gasteiger partial charge in [-0.25, -0.2) is 9.97 Å². The Bertz CT molecular complexity index is 949. The number of thioether (sulfide) groups is 1. The molecule has 1 N–H and O–H groups in total. The average molecular weight is 372 g/mol. The number of amides is 1. The molecule has 3 rings (SSSR count). The zero-order chi connectivity index (χ0) is 18.1. The van der Waals surface area contributed by atoms with Gasteiger partial charge in [0.15, 0.2) is 0 Å². The van der Waals surface area contributed by atoms with Crippen LogP contribution in [0.4, 0.5) is 5.69 Å². The van der Waals surface area contributed by atoms with E-state index in [1.54, 1.807) is 11.3 Å². The van der Waals surface area contributed by atoms with Gasteiger partial charge in [-0.05, 0) is 57.9 Å². The highest BCUT2D eigenvalue weighted by Crippen LogP contribution is 2.36. The molecule has 0 bridgehead atoms. The van der Waals surface area contributed by atoms with E-state index in [2.05, 4.69) is 29.1 Å². The third kappa shape index (κ3) is 3.85. The second-order valence-corrected chi connectivity index (χ2v) is 8.69. The maximum atomic E-state index is 12.6. The highest BCUT2D eigenvalue weighted by Gasteiger charge is 2.20. The molecule has 2 aromatic heterocycles. The van der Waals surface area contributed by atoms with Gasteiger partial charge < -0.3 is 5.32 Å². The van der Waals surface area contributed by atoms with Crippen molar-refractivity contribution in [2.75, 3.05) is 5.32 Å². The summed E-state index contributed by atoms with van der Waals surface area (Å²) in [5.41, 5.74) is 3.15. The highest BCUT2D eigenvalue weighted by atomic mass is 32.2. The van der Waals surface area contributed by atoms with Gasteiger partial charge in [0.2, 0.25) is 5.91 Å². The fourth-order valence-electron chi connectivity index (χ4n) is 2.59. The van der Waals surface area contributed by atoms with Crippen molar-refractivity contribution in [3.63, 3.8) is 0 Å². The van der Waals surface area contributed by atoms with Gasteiger partial charge >= 0.3 is 0 Å². The van der Waals surface area contributed by atoms with Crippen molar-refractivity contribution in [3.05, 3.63) is 46.1 Å². The maximum Gasteiger partial charge on any atom is 0.237 e. The van der Waals surface area contributed by atoms with Crippen molar-refractivity contribution in [3.8, 4) is 0 Å². The summed E-state index contributed by atoms with van der Waals surface area (Å²) in [7, 11) is 0. The predicted octanol–water partition coefficient (Wildman–Crippen LogP) is 5.04. The molecule has 0 aliphatic carbocycles. The van der Waals surface area contributed by atoms with Crippen LogP contribution >= 0.6 is 23.1 Å². The standard InChI is InChI=1S/C19H21N3OS2/c1-10-7-6-8-15(9-10)22-17(23)13(4)25-19-16-11(2)12(3)24-18(16)20-14(5)21-19/h6-9,13H,1-5H3,(H,22,23)/t13-/m0/s1. The molecule has 0 fully saturated rings. The van der Waals surface area contributed by atoms with Gasteiger partial charge in [-0.3, -0.25) is 4.79 Å². The van der Waals surface area contributed by atoms with Crippen LogP contribution < -0.4 is 5.32 Å². The number of carbonyl (C=O) groups is 1. The number of hydrogen-bond donors (Lipinski definition) is 1. The van der Waals surface area contributed by atoms with Crippen molar-refractivity contribution in [1.82, 2.24) is 9.97 Å². The first-order valence-corrected chi connectivity index (χ1v) is 9.83. The van der Waals surface area contributed by atoms with E-state index in [9.17, 15) is 4.79 Å². The summed E-state index contributed by atoms with van der Waals surface area (Å²) in [5, 5.41) is 4.70. The van der Waals surface area contributed by atoms with E-state index in [4.69, 9.17) is 0 Å². The average Bonchev–Trinajstić information content (AvgIpc) is 2.81. The van der Waals surface area contributed by atoms with E-state index >= 15 is 0 Å². The molecule has 0 unspecified atom stereocenters. The predicted molar refractivity (Wildman–Crippen MR) is 107 cm³/mol. The zero-order valence-corrected chi connectivity index (χ0v) is 16.6. The van der Waals surface area contributed by atoms with Crippen LogP contribution in [0.5, 0.6) is 0 Å². The van der Waals surface area contributed by atoms with Crippen LogP contribution in [-0.2, 0) is 4.79 Å². The number of rotatable bonds is 4. The van der Waals surface area contributed by atoms with Crippen molar-refractivity contribution in [2.45, 2.75) is 44.9 Å². The molecular weight excluding hydrogens is 350 g/mol. The molecule has 130 valence electrons. The van der Waals surface area contributed by atoms with E-state index < -0.39 is 0 Å². The van der Waals surface area contributed by atoms with E-state index in [0.717, 1.165) is 32.3 Å².